The maximum atomic E-state index is 12.0. The van der Waals surface area contributed by atoms with Crippen LogP contribution in [-0.4, -0.2) is 20.6 Å². The van der Waals surface area contributed by atoms with Gasteiger partial charge in [0.25, 0.3) is 5.91 Å². The van der Waals surface area contributed by atoms with Crippen molar-refractivity contribution in [1.29, 1.82) is 0 Å². The molecule has 0 aliphatic rings. The van der Waals surface area contributed by atoms with Crippen LogP contribution < -0.4 is 10.0 Å². The van der Waals surface area contributed by atoms with Crippen LogP contribution in [0.1, 0.15) is 15.9 Å². The molecule has 0 unspecified atom stereocenters. The monoisotopic (exact) mass is 338 g/mol. The third-order valence-corrected chi connectivity index (χ3v) is 3.70. The van der Waals surface area contributed by atoms with Crippen molar-refractivity contribution < 1.29 is 13.2 Å². The minimum atomic E-state index is -3.37. The molecule has 0 fully saturated rings. The van der Waals surface area contributed by atoms with Gasteiger partial charge in [-0.3, -0.25) is 9.52 Å². The van der Waals surface area contributed by atoms with Crippen LogP contribution in [0, 0.1) is 0 Å². The number of halogens is 1. The first-order valence-corrected chi connectivity index (χ1v) is 8.71. The summed E-state index contributed by atoms with van der Waals surface area (Å²) < 4.78 is 25.1. The Kier molecular flexibility index (Phi) is 5.05. The van der Waals surface area contributed by atoms with E-state index in [2.05, 4.69) is 10.0 Å². The molecule has 0 heterocycles. The maximum Gasteiger partial charge on any atom is 0.251 e. The van der Waals surface area contributed by atoms with E-state index in [1.807, 2.05) is 0 Å². The van der Waals surface area contributed by atoms with E-state index >= 15 is 0 Å². The normalized spacial score (nSPS) is 11.0. The zero-order valence-electron chi connectivity index (χ0n) is 11.8. The van der Waals surface area contributed by atoms with Crippen LogP contribution in [0.15, 0.2) is 48.5 Å². The minimum Gasteiger partial charge on any atom is -0.348 e. The second-order valence-corrected chi connectivity index (χ2v) is 6.91. The summed E-state index contributed by atoms with van der Waals surface area (Å²) in [7, 11) is -3.37. The van der Waals surface area contributed by atoms with Crippen molar-refractivity contribution >= 4 is 33.2 Å². The summed E-state index contributed by atoms with van der Waals surface area (Å²) in [5, 5.41) is 3.30. The average Bonchev–Trinajstić information content (AvgIpc) is 2.45. The zero-order valence-corrected chi connectivity index (χ0v) is 13.4. The Labute approximate surface area is 134 Å². The van der Waals surface area contributed by atoms with E-state index in [4.69, 9.17) is 11.6 Å². The molecule has 0 bridgehead atoms. The summed E-state index contributed by atoms with van der Waals surface area (Å²) in [4.78, 5) is 12.0. The third kappa shape index (κ3) is 4.75. The molecule has 0 atom stereocenters. The fourth-order valence-corrected chi connectivity index (χ4v) is 2.58. The maximum absolute atomic E-state index is 12.0. The van der Waals surface area contributed by atoms with Gasteiger partial charge >= 0.3 is 0 Å². The molecule has 0 saturated heterocycles. The van der Waals surface area contributed by atoms with Crippen molar-refractivity contribution in [1.82, 2.24) is 5.32 Å². The number of hydrogen-bond acceptors (Lipinski definition) is 3. The van der Waals surface area contributed by atoms with Gasteiger partial charge in [0.15, 0.2) is 0 Å². The smallest absolute Gasteiger partial charge is 0.251 e. The van der Waals surface area contributed by atoms with Gasteiger partial charge in [-0.1, -0.05) is 29.8 Å². The summed E-state index contributed by atoms with van der Waals surface area (Å²) in [5.41, 5.74) is 1.61. The molecule has 0 spiro atoms. The van der Waals surface area contributed by atoms with Crippen LogP contribution >= 0.6 is 11.6 Å². The number of carbonyl (C=O) groups is 1. The predicted octanol–water partition coefficient (Wildman–Crippen LogP) is 2.64. The summed E-state index contributed by atoms with van der Waals surface area (Å²) in [5.74, 6) is -0.258. The van der Waals surface area contributed by atoms with E-state index in [1.54, 1.807) is 48.5 Å². The first kappa shape index (κ1) is 16.3. The first-order chi connectivity index (χ1) is 10.3. The lowest BCUT2D eigenvalue weighted by Gasteiger charge is -2.11. The Morgan fingerprint density at radius 3 is 2.36 bits per heavy atom. The van der Waals surface area contributed by atoms with E-state index in [9.17, 15) is 13.2 Å². The molecule has 0 saturated carbocycles. The SMILES string of the molecule is CS(=O)(=O)Nc1ccccc1CNC(=O)c1ccc(Cl)cc1. The van der Waals surface area contributed by atoms with Gasteiger partial charge in [-0.05, 0) is 35.9 Å². The lowest BCUT2D eigenvalue weighted by Crippen LogP contribution is -2.23. The quantitative estimate of drug-likeness (QED) is 0.880. The molecule has 2 N–H and O–H groups in total. The van der Waals surface area contributed by atoms with E-state index in [1.165, 1.54) is 0 Å². The lowest BCUT2D eigenvalue weighted by molar-refractivity contribution is 0.0951. The van der Waals surface area contributed by atoms with Crippen LogP contribution in [0.25, 0.3) is 0 Å². The van der Waals surface area contributed by atoms with Crippen molar-refractivity contribution in [2.45, 2.75) is 6.54 Å². The van der Waals surface area contributed by atoms with Gasteiger partial charge in [0.2, 0.25) is 10.0 Å². The van der Waals surface area contributed by atoms with E-state index in [-0.39, 0.29) is 12.5 Å². The van der Waals surface area contributed by atoms with Crippen molar-refractivity contribution in [2.24, 2.45) is 0 Å². The van der Waals surface area contributed by atoms with Crippen molar-refractivity contribution in [3.05, 3.63) is 64.7 Å². The van der Waals surface area contributed by atoms with Crippen LogP contribution in [-0.2, 0) is 16.6 Å². The van der Waals surface area contributed by atoms with Gasteiger partial charge in [-0.2, -0.15) is 0 Å². The number of carbonyl (C=O) groups excluding carboxylic acids is 1. The number of rotatable bonds is 5. The number of para-hydroxylation sites is 1. The minimum absolute atomic E-state index is 0.208. The first-order valence-electron chi connectivity index (χ1n) is 6.44. The number of hydrogen-bond donors (Lipinski definition) is 2. The number of sulfonamides is 1. The molecule has 0 aromatic heterocycles. The number of nitrogens with one attached hydrogen (secondary N) is 2. The Morgan fingerprint density at radius 1 is 1.09 bits per heavy atom. The zero-order chi connectivity index (χ0) is 16.2. The van der Waals surface area contributed by atoms with Gasteiger partial charge in [-0.25, -0.2) is 8.42 Å². The highest BCUT2D eigenvalue weighted by Gasteiger charge is 2.09. The Morgan fingerprint density at radius 2 is 1.73 bits per heavy atom. The molecule has 5 nitrogen and oxygen atoms in total. The summed E-state index contributed by atoms with van der Waals surface area (Å²) in [6.07, 6.45) is 1.08. The molecule has 0 aliphatic carbocycles. The van der Waals surface area contributed by atoms with Crippen molar-refractivity contribution in [3.63, 3.8) is 0 Å². The average molecular weight is 339 g/mol. The Hall–Kier alpha value is -2.05. The summed E-state index contributed by atoms with van der Waals surface area (Å²) in [6.45, 7) is 0.208. The molecular weight excluding hydrogens is 324 g/mol. The van der Waals surface area contributed by atoms with Gasteiger partial charge in [0, 0.05) is 17.1 Å². The fraction of sp³-hybridized carbons (Fsp3) is 0.133. The highest BCUT2D eigenvalue weighted by Crippen LogP contribution is 2.16. The lowest BCUT2D eigenvalue weighted by atomic mass is 10.1. The highest BCUT2D eigenvalue weighted by atomic mass is 35.5. The second-order valence-electron chi connectivity index (χ2n) is 4.72. The highest BCUT2D eigenvalue weighted by molar-refractivity contribution is 7.92. The van der Waals surface area contributed by atoms with Crippen LogP contribution in [0.2, 0.25) is 5.02 Å². The van der Waals surface area contributed by atoms with Crippen LogP contribution in [0.3, 0.4) is 0 Å². The fourth-order valence-electron chi connectivity index (χ4n) is 1.85. The van der Waals surface area contributed by atoms with E-state index in [0.29, 0.717) is 21.8 Å². The Balaban J connectivity index is 2.08. The predicted molar refractivity (Wildman–Crippen MR) is 87.5 cm³/mol. The molecule has 0 aliphatic heterocycles. The number of amides is 1. The largest absolute Gasteiger partial charge is 0.348 e. The van der Waals surface area contributed by atoms with Crippen molar-refractivity contribution in [2.75, 3.05) is 11.0 Å². The molecule has 1 amide bonds. The van der Waals surface area contributed by atoms with Gasteiger partial charge < -0.3 is 5.32 Å². The standard InChI is InChI=1S/C15H15ClN2O3S/c1-22(20,21)18-14-5-3-2-4-12(14)10-17-15(19)11-6-8-13(16)9-7-11/h2-9,18H,10H2,1H3,(H,17,19). The number of benzene rings is 2. The van der Waals surface area contributed by atoms with Crippen molar-refractivity contribution in [3.8, 4) is 0 Å². The van der Waals surface area contributed by atoms with Gasteiger partial charge in [0.05, 0.1) is 11.9 Å². The molecular formula is C15H15ClN2O3S. The second kappa shape index (κ2) is 6.81. The van der Waals surface area contributed by atoms with E-state index < -0.39 is 10.0 Å². The van der Waals surface area contributed by atoms with Crippen LogP contribution in [0.4, 0.5) is 5.69 Å². The third-order valence-electron chi connectivity index (χ3n) is 2.86. The number of anilines is 1. The van der Waals surface area contributed by atoms with Gasteiger partial charge in [-0.15, -0.1) is 0 Å². The molecule has 2 aromatic carbocycles. The molecule has 2 aromatic rings. The molecule has 0 radical (unpaired) electrons. The molecule has 116 valence electrons. The topological polar surface area (TPSA) is 75.3 Å². The molecule has 2 rings (SSSR count). The van der Waals surface area contributed by atoms with Crippen LogP contribution in [0.5, 0.6) is 0 Å². The molecule has 22 heavy (non-hydrogen) atoms. The van der Waals surface area contributed by atoms with Gasteiger partial charge in [0.1, 0.15) is 0 Å². The molecule has 7 heteroatoms. The van der Waals surface area contributed by atoms with E-state index in [0.717, 1.165) is 6.26 Å². The Bertz CT molecular complexity index is 774. The summed E-state index contributed by atoms with van der Waals surface area (Å²) >= 11 is 5.77. The summed E-state index contributed by atoms with van der Waals surface area (Å²) in [6, 6.07) is 13.4.